The minimum atomic E-state index is -0.408. The number of benzene rings is 2. The molecule has 2 heterocycles. The molecule has 0 spiro atoms. The summed E-state index contributed by atoms with van der Waals surface area (Å²) < 4.78 is 5.85. The Bertz CT molecular complexity index is 1280. The molecule has 6 nitrogen and oxygen atoms in total. The van der Waals surface area contributed by atoms with Crippen molar-refractivity contribution >= 4 is 40.0 Å². The lowest BCUT2D eigenvalue weighted by Gasteiger charge is -2.07. The summed E-state index contributed by atoms with van der Waals surface area (Å²) in [5.41, 5.74) is 2.10. The van der Waals surface area contributed by atoms with Gasteiger partial charge in [0.05, 0.1) is 5.69 Å². The number of halogens is 1. The van der Waals surface area contributed by atoms with E-state index in [4.69, 9.17) is 16.0 Å². The predicted octanol–water partition coefficient (Wildman–Crippen LogP) is 4.98. The van der Waals surface area contributed by atoms with Gasteiger partial charge in [-0.05, 0) is 61.5 Å². The molecular weight excluding hydrogens is 390 g/mol. The van der Waals surface area contributed by atoms with Gasteiger partial charge in [0.25, 0.3) is 5.91 Å². The van der Waals surface area contributed by atoms with Gasteiger partial charge in [0.1, 0.15) is 22.7 Å². The summed E-state index contributed by atoms with van der Waals surface area (Å²) in [7, 11) is 0. The Morgan fingerprint density at radius 2 is 1.90 bits per heavy atom. The van der Waals surface area contributed by atoms with Gasteiger partial charge in [-0.15, -0.1) is 0 Å². The number of aromatic nitrogens is 1. The van der Waals surface area contributed by atoms with E-state index < -0.39 is 5.91 Å². The molecule has 0 aliphatic carbocycles. The highest BCUT2D eigenvalue weighted by Crippen LogP contribution is 2.21. The Kier molecular flexibility index (Phi) is 5.01. The largest absolute Gasteiger partial charge is 0.508 e. The summed E-state index contributed by atoms with van der Waals surface area (Å²) in [6.45, 7) is 1.84. The third-order valence-corrected chi connectivity index (χ3v) is 4.42. The highest BCUT2D eigenvalue weighted by molar-refractivity contribution is 6.30. The van der Waals surface area contributed by atoms with Crippen LogP contribution in [-0.4, -0.2) is 16.0 Å². The third kappa shape index (κ3) is 4.28. The van der Waals surface area contributed by atoms with Crippen LogP contribution in [0.1, 0.15) is 16.1 Å². The zero-order chi connectivity index (χ0) is 20.4. The predicted molar refractivity (Wildman–Crippen MR) is 111 cm³/mol. The van der Waals surface area contributed by atoms with Crippen molar-refractivity contribution in [3.63, 3.8) is 0 Å². The zero-order valence-electron chi connectivity index (χ0n) is 15.4. The molecule has 0 saturated heterocycles. The molecule has 2 N–H and O–H groups in total. The molecule has 1 amide bonds. The maximum Gasteiger partial charge on any atom is 0.262 e. The number of nitrogens with zero attached hydrogens (tertiary/aromatic N) is 2. The normalized spacial score (nSPS) is 11.6. The van der Waals surface area contributed by atoms with Gasteiger partial charge in [0.2, 0.25) is 5.55 Å². The molecule has 4 rings (SSSR count). The molecule has 7 heteroatoms. The number of anilines is 1. The van der Waals surface area contributed by atoms with Gasteiger partial charge in [0.15, 0.2) is 0 Å². The Morgan fingerprint density at radius 1 is 1.10 bits per heavy atom. The summed E-state index contributed by atoms with van der Waals surface area (Å²) in [5, 5.41) is 13.7. The van der Waals surface area contributed by atoms with Gasteiger partial charge in [-0.1, -0.05) is 17.7 Å². The van der Waals surface area contributed by atoms with Crippen LogP contribution in [0.5, 0.6) is 5.75 Å². The fourth-order valence-electron chi connectivity index (χ4n) is 2.78. The second-order valence-corrected chi connectivity index (χ2v) is 6.83. The fourth-order valence-corrected chi connectivity index (χ4v) is 2.91. The van der Waals surface area contributed by atoms with E-state index in [1.54, 1.807) is 42.5 Å². The van der Waals surface area contributed by atoms with E-state index >= 15 is 0 Å². The second kappa shape index (κ2) is 7.77. The average Bonchev–Trinajstić information content (AvgIpc) is 2.69. The lowest BCUT2D eigenvalue weighted by molar-refractivity contribution is 0.102. The number of rotatable bonds is 3. The summed E-state index contributed by atoms with van der Waals surface area (Å²) in [6.07, 6.45) is 0. The van der Waals surface area contributed by atoms with Crippen molar-refractivity contribution in [1.82, 2.24) is 4.98 Å². The van der Waals surface area contributed by atoms with E-state index in [0.29, 0.717) is 27.5 Å². The van der Waals surface area contributed by atoms with Crippen molar-refractivity contribution in [3.8, 4) is 5.75 Å². The highest BCUT2D eigenvalue weighted by Gasteiger charge is 2.14. The summed E-state index contributed by atoms with van der Waals surface area (Å²) in [4.78, 5) is 21.7. The first kappa shape index (κ1) is 18.7. The smallest absolute Gasteiger partial charge is 0.262 e. The molecule has 0 aliphatic rings. The standard InChI is InChI=1S/C22H16ClN3O3/c1-13-3-2-4-20(24-13)26-21(28)18-11-14-5-10-17(27)12-19(14)29-22(18)25-16-8-6-15(23)7-9-16/h2-12,27H,1H3,(H,24,26,28). The van der Waals surface area contributed by atoms with Crippen molar-refractivity contribution in [2.24, 2.45) is 4.99 Å². The fraction of sp³-hybridized carbons (Fsp3) is 0.0455. The third-order valence-electron chi connectivity index (χ3n) is 4.17. The Hall–Kier alpha value is -3.64. The van der Waals surface area contributed by atoms with Crippen LogP contribution in [0.25, 0.3) is 11.0 Å². The van der Waals surface area contributed by atoms with Crippen molar-refractivity contribution < 1.29 is 14.3 Å². The number of carbonyl (C=O) groups excluding carboxylic acids is 1. The molecule has 144 valence electrons. The minimum absolute atomic E-state index is 0.0554. The molecule has 0 fully saturated rings. The summed E-state index contributed by atoms with van der Waals surface area (Å²) in [6, 6.07) is 18.5. The van der Waals surface area contributed by atoms with Gasteiger partial charge in [-0.25, -0.2) is 9.98 Å². The topological polar surface area (TPSA) is 87.7 Å². The van der Waals surface area contributed by atoms with Crippen molar-refractivity contribution in [2.45, 2.75) is 6.92 Å². The van der Waals surface area contributed by atoms with E-state index in [-0.39, 0.29) is 16.9 Å². The number of fused-ring (bicyclic) bond motifs is 1. The molecule has 29 heavy (non-hydrogen) atoms. The first-order valence-corrected chi connectivity index (χ1v) is 9.18. The monoisotopic (exact) mass is 405 g/mol. The summed E-state index contributed by atoms with van der Waals surface area (Å²) in [5.74, 6) is 0.0765. The first-order chi connectivity index (χ1) is 14.0. The number of pyridine rings is 1. The van der Waals surface area contributed by atoms with Gasteiger partial charge >= 0.3 is 0 Å². The maximum atomic E-state index is 13.0. The molecule has 0 radical (unpaired) electrons. The van der Waals surface area contributed by atoms with Crippen molar-refractivity contribution in [3.05, 3.63) is 88.6 Å². The van der Waals surface area contributed by atoms with Crippen LogP contribution in [0.3, 0.4) is 0 Å². The number of aromatic hydroxyl groups is 1. The number of hydrogen-bond acceptors (Lipinski definition) is 5. The number of amides is 1. The van der Waals surface area contributed by atoms with Crippen molar-refractivity contribution in [1.29, 1.82) is 0 Å². The Morgan fingerprint density at radius 3 is 2.66 bits per heavy atom. The Labute approximate surface area is 171 Å². The molecular formula is C22H16ClN3O3. The maximum absolute atomic E-state index is 13.0. The highest BCUT2D eigenvalue weighted by atomic mass is 35.5. The van der Waals surface area contributed by atoms with Crippen LogP contribution >= 0.6 is 11.6 Å². The molecule has 0 aliphatic heterocycles. The number of phenolic OH excluding ortho intramolecular Hbond substituents is 1. The molecule has 2 aromatic heterocycles. The minimum Gasteiger partial charge on any atom is -0.508 e. The van der Waals surface area contributed by atoms with Crippen LogP contribution in [0, 0.1) is 6.92 Å². The number of phenols is 1. The average molecular weight is 406 g/mol. The number of hydrogen-bond donors (Lipinski definition) is 2. The summed E-state index contributed by atoms with van der Waals surface area (Å²) >= 11 is 5.93. The van der Waals surface area contributed by atoms with Gasteiger partial charge < -0.3 is 14.8 Å². The molecule has 0 bridgehead atoms. The second-order valence-electron chi connectivity index (χ2n) is 6.39. The zero-order valence-corrected chi connectivity index (χ0v) is 16.1. The Balaban J connectivity index is 1.85. The van der Waals surface area contributed by atoms with Gasteiger partial charge in [0, 0.05) is 22.2 Å². The number of aryl methyl sites for hydroxylation is 1. The lowest BCUT2D eigenvalue weighted by Crippen LogP contribution is -2.22. The van der Waals surface area contributed by atoms with E-state index in [1.165, 1.54) is 12.1 Å². The van der Waals surface area contributed by atoms with Gasteiger partial charge in [-0.3, -0.25) is 4.79 Å². The van der Waals surface area contributed by atoms with Crippen LogP contribution in [0.15, 0.2) is 76.1 Å². The van der Waals surface area contributed by atoms with E-state index in [1.807, 2.05) is 19.1 Å². The van der Waals surface area contributed by atoms with E-state index in [9.17, 15) is 9.90 Å². The first-order valence-electron chi connectivity index (χ1n) is 8.80. The van der Waals surface area contributed by atoms with Crippen LogP contribution < -0.4 is 10.9 Å². The molecule has 0 unspecified atom stereocenters. The molecule has 0 saturated carbocycles. The molecule has 0 atom stereocenters. The molecule has 2 aromatic carbocycles. The number of carbonyl (C=O) groups is 1. The van der Waals surface area contributed by atoms with Gasteiger partial charge in [-0.2, -0.15) is 0 Å². The quantitative estimate of drug-likeness (QED) is 0.503. The van der Waals surface area contributed by atoms with Crippen LogP contribution in [0.4, 0.5) is 11.5 Å². The lowest BCUT2D eigenvalue weighted by atomic mass is 10.1. The van der Waals surface area contributed by atoms with Crippen LogP contribution in [-0.2, 0) is 0 Å². The van der Waals surface area contributed by atoms with E-state index in [2.05, 4.69) is 15.3 Å². The molecule has 4 aromatic rings. The number of nitrogens with one attached hydrogen (secondary N) is 1. The van der Waals surface area contributed by atoms with Crippen LogP contribution in [0.2, 0.25) is 5.02 Å². The SMILES string of the molecule is Cc1cccc(NC(=O)c2cc3ccc(O)cc3oc2=Nc2ccc(Cl)cc2)n1. The van der Waals surface area contributed by atoms with Crippen molar-refractivity contribution in [2.75, 3.05) is 5.32 Å². The van der Waals surface area contributed by atoms with E-state index in [0.717, 1.165) is 5.69 Å².